The number of benzene rings is 1. The van der Waals surface area contributed by atoms with E-state index in [2.05, 4.69) is 10.6 Å². The van der Waals surface area contributed by atoms with Gasteiger partial charge in [0, 0.05) is 42.4 Å². The van der Waals surface area contributed by atoms with Crippen LogP contribution < -0.4 is 10.6 Å². The first-order chi connectivity index (χ1) is 11.6. The molecule has 1 amide bonds. The first kappa shape index (κ1) is 17.0. The fraction of sp³-hybridized carbons (Fsp3) is 0.389. The molecule has 0 saturated carbocycles. The molecule has 2 N–H and O–H groups in total. The Balaban J connectivity index is 1.88. The summed E-state index contributed by atoms with van der Waals surface area (Å²) in [6, 6.07) is 5.40. The van der Waals surface area contributed by atoms with Gasteiger partial charge in [-0.05, 0) is 18.6 Å². The largest absolute Gasteiger partial charge is 0.419 e. The first-order valence-electron chi connectivity index (χ1n) is 7.96. The lowest BCUT2D eigenvalue weighted by Crippen LogP contribution is -2.42. The van der Waals surface area contributed by atoms with Gasteiger partial charge in [-0.25, -0.2) is 9.59 Å². The molecule has 2 aliphatic heterocycles. The van der Waals surface area contributed by atoms with Crippen molar-refractivity contribution in [3.8, 4) is 0 Å². The van der Waals surface area contributed by atoms with Crippen LogP contribution in [0.3, 0.4) is 0 Å². The van der Waals surface area contributed by atoms with Gasteiger partial charge in [-0.15, -0.1) is 0 Å². The minimum Gasteiger partial charge on any atom is -0.419 e. The zero-order valence-electron chi connectivity index (χ0n) is 14.6. The number of ether oxygens (including phenoxy) is 2. The van der Waals surface area contributed by atoms with Crippen LogP contribution in [0.5, 0.6) is 0 Å². The maximum atomic E-state index is 12.1. The summed E-state index contributed by atoms with van der Waals surface area (Å²) in [5.41, 5.74) is 1.55. The van der Waals surface area contributed by atoms with Crippen molar-refractivity contribution in [1.29, 1.82) is 0 Å². The van der Waals surface area contributed by atoms with E-state index in [-0.39, 0.29) is 11.5 Å². The number of anilines is 2. The molecule has 2 aliphatic rings. The smallest absolute Gasteiger partial charge is 0.350 e. The summed E-state index contributed by atoms with van der Waals surface area (Å²) in [5, 5.41) is 5.84. The molecule has 7 nitrogen and oxygen atoms in total. The van der Waals surface area contributed by atoms with Crippen molar-refractivity contribution < 1.29 is 23.9 Å². The van der Waals surface area contributed by atoms with Gasteiger partial charge in [-0.1, -0.05) is 19.9 Å². The Labute approximate surface area is 145 Å². The molecule has 0 atom stereocenters. The molecule has 1 aromatic rings. The first-order valence-corrected chi connectivity index (χ1v) is 7.96. The van der Waals surface area contributed by atoms with E-state index in [1.165, 1.54) is 20.0 Å². The number of fused-ring (bicyclic) bond motifs is 1. The second-order valence-electron chi connectivity index (χ2n) is 7.23. The number of hydrogen-bond acceptors (Lipinski definition) is 6. The van der Waals surface area contributed by atoms with Gasteiger partial charge in [0.15, 0.2) is 5.57 Å². The second kappa shape index (κ2) is 5.61. The number of cyclic esters (lactones) is 2. The molecule has 25 heavy (non-hydrogen) atoms. The van der Waals surface area contributed by atoms with Gasteiger partial charge in [0.2, 0.25) is 5.91 Å². The summed E-state index contributed by atoms with van der Waals surface area (Å²) in [4.78, 5) is 36.1. The SMILES string of the molecule is CC1(C)OC(=O)C(=CNc2cccc3c2CC(C)(C)C(=O)N3)C(=O)O1. The predicted molar refractivity (Wildman–Crippen MR) is 90.5 cm³/mol. The summed E-state index contributed by atoms with van der Waals surface area (Å²) in [6.07, 6.45) is 1.81. The van der Waals surface area contributed by atoms with Crippen molar-refractivity contribution in [3.05, 3.63) is 35.5 Å². The lowest BCUT2D eigenvalue weighted by atomic mass is 9.81. The van der Waals surface area contributed by atoms with Gasteiger partial charge in [-0.2, -0.15) is 0 Å². The van der Waals surface area contributed by atoms with E-state index in [1.54, 1.807) is 6.07 Å². The molecule has 3 rings (SSSR count). The highest BCUT2D eigenvalue weighted by atomic mass is 16.7. The summed E-state index contributed by atoms with van der Waals surface area (Å²) in [7, 11) is 0. The molecule has 1 fully saturated rings. The summed E-state index contributed by atoms with van der Waals surface area (Å²) < 4.78 is 10.1. The van der Waals surface area contributed by atoms with E-state index in [0.717, 1.165) is 5.56 Å². The van der Waals surface area contributed by atoms with Crippen molar-refractivity contribution in [1.82, 2.24) is 0 Å². The van der Waals surface area contributed by atoms with Crippen LogP contribution in [0.25, 0.3) is 0 Å². The summed E-state index contributed by atoms with van der Waals surface area (Å²) >= 11 is 0. The van der Waals surface area contributed by atoms with Crippen molar-refractivity contribution >= 4 is 29.2 Å². The lowest BCUT2D eigenvalue weighted by molar-refractivity contribution is -0.222. The van der Waals surface area contributed by atoms with E-state index < -0.39 is 23.1 Å². The van der Waals surface area contributed by atoms with Gasteiger partial charge in [-0.3, -0.25) is 4.79 Å². The molecule has 1 saturated heterocycles. The number of nitrogens with one attached hydrogen (secondary N) is 2. The Kier molecular flexibility index (Phi) is 3.82. The number of carbonyl (C=O) groups is 3. The van der Waals surface area contributed by atoms with Gasteiger partial charge < -0.3 is 20.1 Å². The fourth-order valence-electron chi connectivity index (χ4n) is 2.77. The van der Waals surface area contributed by atoms with E-state index in [9.17, 15) is 14.4 Å². The highest BCUT2D eigenvalue weighted by molar-refractivity contribution is 6.15. The molecule has 132 valence electrons. The molecule has 0 unspecified atom stereocenters. The Morgan fingerprint density at radius 2 is 1.72 bits per heavy atom. The topological polar surface area (TPSA) is 93.7 Å². The lowest BCUT2D eigenvalue weighted by Gasteiger charge is -2.32. The monoisotopic (exact) mass is 344 g/mol. The van der Waals surface area contributed by atoms with Gasteiger partial charge in [0.1, 0.15) is 0 Å². The Morgan fingerprint density at radius 3 is 2.36 bits per heavy atom. The van der Waals surface area contributed by atoms with Crippen LogP contribution in [-0.2, 0) is 30.3 Å². The van der Waals surface area contributed by atoms with Crippen molar-refractivity contribution in [2.75, 3.05) is 10.6 Å². The number of carbonyl (C=O) groups excluding carboxylic acids is 3. The zero-order chi connectivity index (χ0) is 18.4. The highest BCUT2D eigenvalue weighted by Crippen LogP contribution is 2.37. The van der Waals surface area contributed by atoms with Crippen LogP contribution in [0, 0.1) is 5.41 Å². The molecule has 1 aromatic carbocycles. The van der Waals surface area contributed by atoms with Crippen LogP contribution in [0.4, 0.5) is 11.4 Å². The van der Waals surface area contributed by atoms with Gasteiger partial charge in [0.25, 0.3) is 5.79 Å². The minimum atomic E-state index is -1.27. The third kappa shape index (κ3) is 3.22. The number of hydrogen-bond donors (Lipinski definition) is 2. The van der Waals surface area contributed by atoms with E-state index in [0.29, 0.717) is 17.8 Å². The van der Waals surface area contributed by atoms with Crippen molar-refractivity contribution in [2.24, 2.45) is 5.41 Å². The van der Waals surface area contributed by atoms with Gasteiger partial charge in [0.05, 0.1) is 0 Å². The predicted octanol–water partition coefficient (Wildman–Crippen LogP) is 2.34. The highest BCUT2D eigenvalue weighted by Gasteiger charge is 2.39. The maximum absolute atomic E-state index is 12.1. The average Bonchev–Trinajstić information content (AvgIpc) is 2.46. The molecular formula is C18H20N2O5. The standard InChI is InChI=1S/C18H20N2O5/c1-17(2)8-10-12(6-5-7-13(10)20-16(17)23)19-9-11-14(21)24-18(3,4)25-15(11)22/h5-7,9,19H,8H2,1-4H3,(H,20,23). The normalized spacial score (nSPS) is 20.8. The molecule has 0 aromatic heterocycles. The Morgan fingerprint density at radius 1 is 1.08 bits per heavy atom. The van der Waals surface area contributed by atoms with E-state index in [1.807, 2.05) is 26.0 Å². The average molecular weight is 344 g/mol. The maximum Gasteiger partial charge on any atom is 0.350 e. The zero-order valence-corrected chi connectivity index (χ0v) is 14.6. The quantitative estimate of drug-likeness (QED) is 0.486. The van der Waals surface area contributed by atoms with Crippen LogP contribution in [0.2, 0.25) is 0 Å². The number of esters is 2. The van der Waals surface area contributed by atoms with Crippen LogP contribution in [-0.4, -0.2) is 23.6 Å². The molecule has 0 bridgehead atoms. The summed E-state index contributed by atoms with van der Waals surface area (Å²) in [6.45, 7) is 6.70. The van der Waals surface area contributed by atoms with Crippen molar-refractivity contribution in [2.45, 2.75) is 39.9 Å². The number of rotatable bonds is 2. The molecule has 0 spiro atoms. The third-order valence-corrected chi connectivity index (χ3v) is 4.15. The number of amides is 1. The van der Waals surface area contributed by atoms with Gasteiger partial charge >= 0.3 is 11.9 Å². The van der Waals surface area contributed by atoms with Crippen LogP contribution in [0.1, 0.15) is 33.3 Å². The summed E-state index contributed by atoms with van der Waals surface area (Å²) in [5.74, 6) is -2.80. The Hall–Kier alpha value is -2.83. The fourth-order valence-corrected chi connectivity index (χ4v) is 2.77. The van der Waals surface area contributed by atoms with E-state index >= 15 is 0 Å². The third-order valence-electron chi connectivity index (χ3n) is 4.15. The minimum absolute atomic E-state index is 0.0443. The van der Waals surface area contributed by atoms with Crippen LogP contribution >= 0.6 is 0 Å². The molecule has 2 heterocycles. The molecular weight excluding hydrogens is 324 g/mol. The van der Waals surface area contributed by atoms with E-state index in [4.69, 9.17) is 9.47 Å². The second-order valence-corrected chi connectivity index (χ2v) is 7.23. The van der Waals surface area contributed by atoms with Crippen LogP contribution in [0.15, 0.2) is 30.0 Å². The Bertz CT molecular complexity index is 786. The molecule has 7 heteroatoms. The van der Waals surface area contributed by atoms with Crippen molar-refractivity contribution in [3.63, 3.8) is 0 Å². The molecule has 0 radical (unpaired) electrons. The molecule has 0 aliphatic carbocycles.